The third-order valence-corrected chi connectivity index (χ3v) is 3.69. The lowest BCUT2D eigenvalue weighted by Gasteiger charge is -2.12. The van der Waals surface area contributed by atoms with Gasteiger partial charge in [-0.05, 0) is 43.7 Å². The largest absolute Gasteiger partial charge is 0.314 e. The molecular weight excluding hydrogens is 228 g/mol. The van der Waals surface area contributed by atoms with Crippen LogP contribution in [0, 0.1) is 16.0 Å². The Bertz CT molecular complexity index is 403. The van der Waals surface area contributed by atoms with E-state index in [-0.39, 0.29) is 10.6 Å². The summed E-state index contributed by atoms with van der Waals surface area (Å²) in [6.45, 7) is 3.26. The van der Waals surface area contributed by atoms with Gasteiger partial charge in [0.1, 0.15) is 0 Å². The molecule has 0 saturated heterocycles. The van der Waals surface area contributed by atoms with Crippen molar-refractivity contribution in [1.82, 2.24) is 5.32 Å². The molecule has 1 aliphatic carbocycles. The lowest BCUT2D eigenvalue weighted by Crippen LogP contribution is -2.28. The highest BCUT2D eigenvalue weighted by atomic mass is 16.6. The van der Waals surface area contributed by atoms with Gasteiger partial charge in [0.15, 0.2) is 0 Å². The summed E-state index contributed by atoms with van der Waals surface area (Å²) < 4.78 is 0. The molecule has 0 aromatic heterocycles. The zero-order chi connectivity index (χ0) is 13.0. The van der Waals surface area contributed by atoms with Crippen LogP contribution in [0.1, 0.15) is 31.7 Å². The molecule has 98 valence electrons. The van der Waals surface area contributed by atoms with E-state index in [0.29, 0.717) is 6.04 Å². The van der Waals surface area contributed by atoms with Crippen molar-refractivity contribution in [2.24, 2.45) is 5.92 Å². The van der Waals surface area contributed by atoms with Crippen LogP contribution in [0.2, 0.25) is 0 Å². The van der Waals surface area contributed by atoms with E-state index in [2.05, 4.69) is 12.2 Å². The SMILES string of the molecule is CC1CCC(NCCc2ccc([N+](=O)[O-])cc2)C1. The molecule has 4 nitrogen and oxygen atoms in total. The number of hydrogen-bond acceptors (Lipinski definition) is 3. The molecule has 2 unspecified atom stereocenters. The molecule has 1 aromatic rings. The molecule has 1 aliphatic rings. The topological polar surface area (TPSA) is 55.2 Å². The van der Waals surface area contributed by atoms with Crippen LogP contribution in [0.25, 0.3) is 0 Å². The van der Waals surface area contributed by atoms with Crippen LogP contribution >= 0.6 is 0 Å². The number of nitrogens with zero attached hydrogens (tertiary/aromatic N) is 1. The van der Waals surface area contributed by atoms with Gasteiger partial charge in [0.05, 0.1) is 4.92 Å². The van der Waals surface area contributed by atoms with Crippen LogP contribution < -0.4 is 5.32 Å². The average Bonchev–Trinajstić information content (AvgIpc) is 2.76. The second-order valence-electron chi connectivity index (χ2n) is 5.24. The van der Waals surface area contributed by atoms with E-state index in [4.69, 9.17) is 0 Å². The maximum absolute atomic E-state index is 10.5. The molecule has 2 rings (SSSR count). The fraction of sp³-hybridized carbons (Fsp3) is 0.571. The predicted octanol–water partition coefficient (Wildman–Crippen LogP) is 2.92. The first-order valence-corrected chi connectivity index (χ1v) is 6.62. The quantitative estimate of drug-likeness (QED) is 0.644. The lowest BCUT2D eigenvalue weighted by molar-refractivity contribution is -0.384. The summed E-state index contributed by atoms with van der Waals surface area (Å²) >= 11 is 0. The fourth-order valence-corrected chi connectivity index (χ4v) is 2.60. The van der Waals surface area contributed by atoms with Crippen molar-refractivity contribution in [3.05, 3.63) is 39.9 Å². The van der Waals surface area contributed by atoms with Crippen molar-refractivity contribution in [3.8, 4) is 0 Å². The maximum atomic E-state index is 10.5. The van der Waals surface area contributed by atoms with Crippen LogP contribution in [0.5, 0.6) is 0 Å². The minimum atomic E-state index is -0.359. The molecule has 4 heteroatoms. The summed E-state index contributed by atoms with van der Waals surface area (Å²) in [5, 5.41) is 14.1. The monoisotopic (exact) mass is 248 g/mol. The van der Waals surface area contributed by atoms with Gasteiger partial charge in [-0.3, -0.25) is 10.1 Å². The molecule has 1 fully saturated rings. The van der Waals surface area contributed by atoms with E-state index in [1.54, 1.807) is 12.1 Å². The van der Waals surface area contributed by atoms with Gasteiger partial charge < -0.3 is 5.32 Å². The summed E-state index contributed by atoms with van der Waals surface area (Å²) in [5.74, 6) is 0.849. The smallest absolute Gasteiger partial charge is 0.269 e. The fourth-order valence-electron chi connectivity index (χ4n) is 2.60. The van der Waals surface area contributed by atoms with Crippen molar-refractivity contribution in [2.75, 3.05) is 6.54 Å². The number of non-ortho nitro benzene ring substituents is 1. The molecule has 0 heterocycles. The number of nitro groups is 1. The van der Waals surface area contributed by atoms with Crippen molar-refractivity contribution in [2.45, 2.75) is 38.6 Å². The molecule has 2 atom stereocenters. The third kappa shape index (κ3) is 3.53. The zero-order valence-corrected chi connectivity index (χ0v) is 10.8. The Hall–Kier alpha value is -1.42. The van der Waals surface area contributed by atoms with Crippen LogP contribution in [0.15, 0.2) is 24.3 Å². The standard InChI is InChI=1S/C14H20N2O2/c1-11-2-5-13(10-11)15-9-8-12-3-6-14(7-4-12)16(17)18/h3-4,6-7,11,13,15H,2,5,8-10H2,1H3. The number of nitrogens with one attached hydrogen (secondary N) is 1. The molecule has 1 aromatic carbocycles. The van der Waals surface area contributed by atoms with Crippen LogP contribution in [-0.4, -0.2) is 17.5 Å². The van der Waals surface area contributed by atoms with E-state index < -0.39 is 0 Å². The Morgan fingerprint density at radius 3 is 2.61 bits per heavy atom. The van der Waals surface area contributed by atoms with E-state index in [1.165, 1.54) is 19.3 Å². The van der Waals surface area contributed by atoms with Gasteiger partial charge in [-0.25, -0.2) is 0 Å². The summed E-state index contributed by atoms with van der Waals surface area (Å²) in [5.41, 5.74) is 1.32. The maximum Gasteiger partial charge on any atom is 0.269 e. The van der Waals surface area contributed by atoms with Crippen LogP contribution in [-0.2, 0) is 6.42 Å². The van der Waals surface area contributed by atoms with Gasteiger partial charge in [0, 0.05) is 18.2 Å². The molecule has 0 aliphatic heterocycles. The van der Waals surface area contributed by atoms with Gasteiger partial charge >= 0.3 is 0 Å². The Morgan fingerprint density at radius 1 is 1.33 bits per heavy atom. The zero-order valence-electron chi connectivity index (χ0n) is 10.8. The van der Waals surface area contributed by atoms with Crippen LogP contribution in [0.4, 0.5) is 5.69 Å². The van der Waals surface area contributed by atoms with Crippen molar-refractivity contribution < 1.29 is 4.92 Å². The van der Waals surface area contributed by atoms with Crippen molar-refractivity contribution in [3.63, 3.8) is 0 Å². The first kappa shape index (κ1) is 13.0. The Labute approximate surface area is 108 Å². The molecule has 18 heavy (non-hydrogen) atoms. The third-order valence-electron chi connectivity index (χ3n) is 3.69. The first-order chi connectivity index (χ1) is 8.65. The van der Waals surface area contributed by atoms with Gasteiger partial charge in [0.2, 0.25) is 0 Å². The minimum Gasteiger partial charge on any atom is -0.314 e. The highest BCUT2D eigenvalue weighted by molar-refractivity contribution is 5.32. The average molecular weight is 248 g/mol. The molecule has 1 saturated carbocycles. The second kappa shape index (κ2) is 5.96. The Morgan fingerprint density at radius 2 is 2.06 bits per heavy atom. The molecule has 0 radical (unpaired) electrons. The molecule has 0 bridgehead atoms. The summed E-state index contributed by atoms with van der Waals surface area (Å²) in [6.07, 6.45) is 4.82. The number of benzene rings is 1. The van der Waals surface area contributed by atoms with Crippen LogP contribution in [0.3, 0.4) is 0 Å². The van der Waals surface area contributed by atoms with Gasteiger partial charge in [-0.15, -0.1) is 0 Å². The molecule has 0 spiro atoms. The Balaban J connectivity index is 1.75. The van der Waals surface area contributed by atoms with Crippen molar-refractivity contribution >= 4 is 5.69 Å². The highest BCUT2D eigenvalue weighted by Gasteiger charge is 2.20. The number of hydrogen-bond donors (Lipinski definition) is 1. The van der Waals surface area contributed by atoms with E-state index in [1.807, 2.05) is 12.1 Å². The van der Waals surface area contributed by atoms with Gasteiger partial charge in [0.25, 0.3) is 5.69 Å². The summed E-state index contributed by atoms with van der Waals surface area (Å²) in [4.78, 5) is 10.2. The molecule has 1 N–H and O–H groups in total. The predicted molar refractivity (Wildman–Crippen MR) is 71.6 cm³/mol. The highest BCUT2D eigenvalue weighted by Crippen LogP contribution is 2.24. The van der Waals surface area contributed by atoms with E-state index in [9.17, 15) is 10.1 Å². The van der Waals surface area contributed by atoms with Gasteiger partial charge in [-0.1, -0.05) is 19.1 Å². The Kier molecular flexibility index (Phi) is 4.31. The molecule has 0 amide bonds. The number of rotatable bonds is 5. The lowest BCUT2D eigenvalue weighted by atomic mass is 10.1. The minimum absolute atomic E-state index is 0.163. The van der Waals surface area contributed by atoms with E-state index >= 15 is 0 Å². The molecular formula is C14H20N2O2. The summed E-state index contributed by atoms with van der Waals surface area (Å²) in [7, 11) is 0. The first-order valence-electron chi connectivity index (χ1n) is 6.62. The van der Waals surface area contributed by atoms with E-state index in [0.717, 1.165) is 24.4 Å². The normalized spacial score (nSPS) is 23.2. The van der Waals surface area contributed by atoms with Crippen molar-refractivity contribution in [1.29, 1.82) is 0 Å². The second-order valence-corrected chi connectivity index (χ2v) is 5.24. The number of nitro benzene ring substituents is 1. The summed E-state index contributed by atoms with van der Waals surface area (Å²) in [6, 6.07) is 7.51. The van der Waals surface area contributed by atoms with Gasteiger partial charge in [-0.2, -0.15) is 0 Å².